The topological polar surface area (TPSA) is 26.0 Å². The SMILES string of the molecule is C=C(C)CCC(C)=CCCN. The zero-order valence-corrected chi connectivity index (χ0v) is 7.69. The lowest BCUT2D eigenvalue weighted by atomic mass is 10.1. The van der Waals surface area contributed by atoms with Crippen LogP contribution in [0.3, 0.4) is 0 Å². The molecule has 0 bridgehead atoms. The molecular formula is C10H19N. The Hall–Kier alpha value is -0.560. The first-order chi connectivity index (χ1) is 5.16. The summed E-state index contributed by atoms with van der Waals surface area (Å²) < 4.78 is 0. The van der Waals surface area contributed by atoms with Crippen molar-refractivity contribution in [2.24, 2.45) is 5.73 Å². The summed E-state index contributed by atoms with van der Waals surface area (Å²) in [5, 5.41) is 0. The smallest absolute Gasteiger partial charge is 0.00425 e. The molecule has 0 radical (unpaired) electrons. The van der Waals surface area contributed by atoms with Crippen molar-refractivity contribution in [3.8, 4) is 0 Å². The molecule has 0 aliphatic heterocycles. The van der Waals surface area contributed by atoms with Gasteiger partial charge in [-0.3, -0.25) is 0 Å². The Morgan fingerprint density at radius 2 is 2.00 bits per heavy atom. The molecule has 0 rings (SSSR count). The van der Waals surface area contributed by atoms with Crippen LogP contribution in [0.4, 0.5) is 0 Å². The van der Waals surface area contributed by atoms with E-state index in [0.717, 1.165) is 25.8 Å². The molecule has 11 heavy (non-hydrogen) atoms. The van der Waals surface area contributed by atoms with Crippen molar-refractivity contribution in [3.05, 3.63) is 23.8 Å². The van der Waals surface area contributed by atoms with Gasteiger partial charge in [-0.05, 0) is 39.7 Å². The van der Waals surface area contributed by atoms with Crippen LogP contribution in [-0.4, -0.2) is 6.54 Å². The van der Waals surface area contributed by atoms with E-state index in [4.69, 9.17) is 5.73 Å². The second-order valence-electron chi connectivity index (χ2n) is 3.08. The Balaban J connectivity index is 3.50. The van der Waals surface area contributed by atoms with E-state index < -0.39 is 0 Å². The second-order valence-corrected chi connectivity index (χ2v) is 3.08. The van der Waals surface area contributed by atoms with Crippen LogP contribution in [0.2, 0.25) is 0 Å². The molecule has 0 saturated carbocycles. The maximum Gasteiger partial charge on any atom is -0.00425 e. The third-order valence-electron chi connectivity index (χ3n) is 1.61. The van der Waals surface area contributed by atoms with Gasteiger partial charge in [0.15, 0.2) is 0 Å². The quantitative estimate of drug-likeness (QED) is 0.604. The molecule has 0 aromatic carbocycles. The number of nitrogens with two attached hydrogens (primary N) is 1. The standard InChI is InChI=1S/C10H19N/c1-9(2)6-7-10(3)5-4-8-11/h5H,1,4,6-8,11H2,2-3H3. The minimum absolute atomic E-state index is 0.754. The van der Waals surface area contributed by atoms with Crippen LogP contribution in [-0.2, 0) is 0 Å². The van der Waals surface area contributed by atoms with Crippen molar-refractivity contribution in [1.82, 2.24) is 0 Å². The molecule has 0 aliphatic rings. The molecule has 0 aliphatic carbocycles. The van der Waals surface area contributed by atoms with Gasteiger partial charge < -0.3 is 5.73 Å². The van der Waals surface area contributed by atoms with Gasteiger partial charge >= 0.3 is 0 Å². The first-order valence-electron chi connectivity index (χ1n) is 4.17. The predicted octanol–water partition coefficient (Wildman–Crippen LogP) is 2.64. The van der Waals surface area contributed by atoms with Crippen molar-refractivity contribution in [3.63, 3.8) is 0 Å². The Morgan fingerprint density at radius 1 is 1.36 bits per heavy atom. The van der Waals surface area contributed by atoms with Crippen molar-refractivity contribution >= 4 is 0 Å². The van der Waals surface area contributed by atoms with Crippen LogP contribution in [0.1, 0.15) is 33.1 Å². The Kier molecular flexibility index (Phi) is 5.86. The van der Waals surface area contributed by atoms with Gasteiger partial charge in [0, 0.05) is 0 Å². The molecule has 0 saturated heterocycles. The molecule has 1 nitrogen and oxygen atoms in total. The van der Waals surface area contributed by atoms with Gasteiger partial charge in [-0.25, -0.2) is 0 Å². The Bertz CT molecular complexity index is 145. The van der Waals surface area contributed by atoms with Gasteiger partial charge in [-0.15, -0.1) is 6.58 Å². The first kappa shape index (κ1) is 10.4. The minimum atomic E-state index is 0.754. The third-order valence-corrected chi connectivity index (χ3v) is 1.61. The first-order valence-corrected chi connectivity index (χ1v) is 4.17. The molecule has 0 aromatic rings. The lowest BCUT2D eigenvalue weighted by Gasteiger charge is -1.99. The van der Waals surface area contributed by atoms with E-state index in [1.165, 1.54) is 11.1 Å². The predicted molar refractivity (Wildman–Crippen MR) is 51.5 cm³/mol. The number of hydrogen-bond acceptors (Lipinski definition) is 1. The summed E-state index contributed by atoms with van der Waals surface area (Å²) >= 11 is 0. The highest BCUT2D eigenvalue weighted by Crippen LogP contribution is 2.09. The number of rotatable bonds is 5. The van der Waals surface area contributed by atoms with Crippen LogP contribution >= 0.6 is 0 Å². The zero-order valence-electron chi connectivity index (χ0n) is 7.69. The van der Waals surface area contributed by atoms with E-state index in [0.29, 0.717) is 0 Å². The van der Waals surface area contributed by atoms with E-state index in [1.54, 1.807) is 0 Å². The van der Waals surface area contributed by atoms with E-state index in [2.05, 4.69) is 26.5 Å². The van der Waals surface area contributed by atoms with Crippen molar-refractivity contribution in [2.45, 2.75) is 33.1 Å². The van der Waals surface area contributed by atoms with Crippen molar-refractivity contribution in [2.75, 3.05) is 6.54 Å². The Morgan fingerprint density at radius 3 is 2.45 bits per heavy atom. The van der Waals surface area contributed by atoms with Gasteiger partial charge in [-0.1, -0.05) is 17.2 Å². The van der Waals surface area contributed by atoms with Gasteiger partial charge in [0.25, 0.3) is 0 Å². The fourth-order valence-corrected chi connectivity index (χ4v) is 0.842. The maximum absolute atomic E-state index is 5.37. The molecule has 0 aromatic heterocycles. The second kappa shape index (κ2) is 6.17. The van der Waals surface area contributed by atoms with Crippen LogP contribution in [0.5, 0.6) is 0 Å². The normalized spacial score (nSPS) is 11.7. The van der Waals surface area contributed by atoms with Gasteiger partial charge in [-0.2, -0.15) is 0 Å². The summed E-state index contributed by atoms with van der Waals surface area (Å²) in [6.45, 7) is 8.83. The summed E-state index contributed by atoms with van der Waals surface area (Å²) in [7, 11) is 0. The van der Waals surface area contributed by atoms with Gasteiger partial charge in [0.1, 0.15) is 0 Å². The van der Waals surface area contributed by atoms with E-state index in [9.17, 15) is 0 Å². The van der Waals surface area contributed by atoms with Crippen LogP contribution < -0.4 is 5.73 Å². The lowest BCUT2D eigenvalue weighted by Crippen LogP contribution is -1.96. The summed E-state index contributed by atoms with van der Waals surface area (Å²) in [6, 6.07) is 0. The van der Waals surface area contributed by atoms with E-state index in [1.807, 2.05) is 0 Å². The molecule has 0 heterocycles. The highest BCUT2D eigenvalue weighted by Gasteiger charge is 1.89. The minimum Gasteiger partial charge on any atom is -0.330 e. The number of hydrogen-bond donors (Lipinski definition) is 1. The third kappa shape index (κ3) is 7.34. The van der Waals surface area contributed by atoms with E-state index in [-0.39, 0.29) is 0 Å². The van der Waals surface area contributed by atoms with Crippen LogP contribution in [0, 0.1) is 0 Å². The Labute approximate surface area is 70.0 Å². The lowest BCUT2D eigenvalue weighted by molar-refractivity contribution is 0.904. The molecule has 0 spiro atoms. The fourth-order valence-electron chi connectivity index (χ4n) is 0.842. The molecule has 64 valence electrons. The molecule has 2 N–H and O–H groups in total. The molecule has 0 unspecified atom stereocenters. The van der Waals surface area contributed by atoms with Gasteiger partial charge in [0.05, 0.1) is 0 Å². The average Bonchev–Trinajstić information content (AvgIpc) is 1.97. The summed E-state index contributed by atoms with van der Waals surface area (Å²) in [6.07, 6.45) is 5.45. The van der Waals surface area contributed by atoms with E-state index >= 15 is 0 Å². The zero-order chi connectivity index (χ0) is 8.69. The molecule has 1 heteroatoms. The average molecular weight is 153 g/mol. The highest BCUT2D eigenvalue weighted by molar-refractivity contribution is 5.02. The van der Waals surface area contributed by atoms with Crippen LogP contribution in [0.25, 0.3) is 0 Å². The number of allylic oxidation sites excluding steroid dienone is 2. The maximum atomic E-state index is 5.37. The molecule has 0 amide bonds. The van der Waals surface area contributed by atoms with Gasteiger partial charge in [0.2, 0.25) is 0 Å². The summed E-state index contributed by atoms with van der Waals surface area (Å²) in [5.74, 6) is 0. The molecular weight excluding hydrogens is 134 g/mol. The van der Waals surface area contributed by atoms with Crippen molar-refractivity contribution < 1.29 is 0 Å². The largest absolute Gasteiger partial charge is 0.330 e. The summed E-state index contributed by atoms with van der Waals surface area (Å²) in [5.41, 5.74) is 8.05. The fraction of sp³-hybridized carbons (Fsp3) is 0.600. The molecule has 0 fully saturated rings. The highest BCUT2D eigenvalue weighted by atomic mass is 14.5. The molecule has 0 atom stereocenters. The van der Waals surface area contributed by atoms with Crippen LogP contribution in [0.15, 0.2) is 23.8 Å². The summed E-state index contributed by atoms with van der Waals surface area (Å²) in [4.78, 5) is 0. The van der Waals surface area contributed by atoms with Crippen molar-refractivity contribution in [1.29, 1.82) is 0 Å². The monoisotopic (exact) mass is 153 g/mol.